The van der Waals surface area contributed by atoms with E-state index in [0.29, 0.717) is 17.4 Å². The van der Waals surface area contributed by atoms with E-state index in [1.807, 2.05) is 17.5 Å². The quantitative estimate of drug-likeness (QED) is 0.736. The highest BCUT2D eigenvalue weighted by molar-refractivity contribution is 7.71. The van der Waals surface area contributed by atoms with Crippen molar-refractivity contribution in [2.45, 2.75) is 6.67 Å². The molecule has 1 N–H and O–H groups in total. The molecule has 20 heavy (non-hydrogen) atoms. The molecule has 0 unspecified atom stereocenters. The Balaban J connectivity index is 1.75. The molecule has 0 bridgehead atoms. The standard InChI is InChI=1S/C13H10FN3OS2/c14-9-3-5-10(6-4-9)15-8-17-13(19)18-12(16-17)11-2-1-7-20-11/h1-7,15H,8H2. The average Bonchev–Trinajstić information content (AvgIpc) is 3.08. The van der Waals surface area contributed by atoms with E-state index >= 15 is 0 Å². The summed E-state index contributed by atoms with van der Waals surface area (Å²) in [6.45, 7) is 0.360. The van der Waals surface area contributed by atoms with E-state index in [2.05, 4.69) is 10.4 Å². The van der Waals surface area contributed by atoms with Gasteiger partial charge in [-0.2, -0.15) is 0 Å². The molecule has 3 aromatic rings. The van der Waals surface area contributed by atoms with Crippen LogP contribution in [0.4, 0.5) is 10.1 Å². The van der Waals surface area contributed by atoms with Gasteiger partial charge in [0.1, 0.15) is 12.5 Å². The van der Waals surface area contributed by atoms with E-state index in [4.69, 9.17) is 16.6 Å². The minimum absolute atomic E-state index is 0.270. The van der Waals surface area contributed by atoms with Gasteiger partial charge in [0, 0.05) is 5.69 Å². The van der Waals surface area contributed by atoms with Gasteiger partial charge in [0.15, 0.2) is 0 Å². The number of rotatable bonds is 4. The monoisotopic (exact) mass is 307 g/mol. The molecule has 0 saturated carbocycles. The molecule has 0 aliphatic rings. The molecule has 0 fully saturated rings. The van der Waals surface area contributed by atoms with Crippen LogP contribution in [0.25, 0.3) is 10.8 Å². The predicted molar refractivity (Wildman–Crippen MR) is 78.7 cm³/mol. The van der Waals surface area contributed by atoms with Crippen molar-refractivity contribution in [3.63, 3.8) is 0 Å². The summed E-state index contributed by atoms with van der Waals surface area (Å²) in [5, 5.41) is 9.35. The maximum atomic E-state index is 12.8. The molecule has 0 spiro atoms. The number of hydrogen-bond donors (Lipinski definition) is 1. The summed E-state index contributed by atoms with van der Waals surface area (Å²) in [5.41, 5.74) is 0.786. The Morgan fingerprint density at radius 1 is 1.30 bits per heavy atom. The van der Waals surface area contributed by atoms with Crippen molar-refractivity contribution in [1.29, 1.82) is 0 Å². The van der Waals surface area contributed by atoms with Crippen molar-refractivity contribution in [3.05, 3.63) is 52.4 Å². The molecular formula is C13H10FN3OS2. The van der Waals surface area contributed by atoms with E-state index in [9.17, 15) is 4.39 Å². The Morgan fingerprint density at radius 2 is 2.10 bits per heavy atom. The van der Waals surface area contributed by atoms with Crippen LogP contribution in [0.2, 0.25) is 0 Å². The summed E-state index contributed by atoms with van der Waals surface area (Å²) in [4.78, 5) is 1.22. The second-order valence-electron chi connectivity index (χ2n) is 3.99. The number of nitrogens with zero attached hydrogens (tertiary/aromatic N) is 2. The number of nitrogens with one attached hydrogen (secondary N) is 1. The minimum Gasteiger partial charge on any atom is -0.408 e. The lowest BCUT2D eigenvalue weighted by Gasteiger charge is -2.04. The zero-order chi connectivity index (χ0) is 13.9. The second kappa shape index (κ2) is 5.56. The minimum atomic E-state index is -0.270. The highest BCUT2D eigenvalue weighted by atomic mass is 32.1. The molecule has 0 aliphatic heterocycles. The van der Waals surface area contributed by atoms with Gasteiger partial charge in [-0.1, -0.05) is 6.07 Å². The SMILES string of the molecule is Fc1ccc(NCn2nc(-c3cccs3)oc2=S)cc1. The van der Waals surface area contributed by atoms with Crippen LogP contribution >= 0.6 is 23.6 Å². The van der Waals surface area contributed by atoms with Gasteiger partial charge in [0.2, 0.25) is 0 Å². The van der Waals surface area contributed by atoms with E-state index < -0.39 is 0 Å². The van der Waals surface area contributed by atoms with Crippen LogP contribution < -0.4 is 5.32 Å². The van der Waals surface area contributed by atoms with E-state index in [1.54, 1.807) is 16.8 Å². The number of halogens is 1. The summed E-state index contributed by atoms with van der Waals surface area (Å²) in [5.74, 6) is 0.236. The van der Waals surface area contributed by atoms with Crippen molar-refractivity contribution >= 4 is 29.2 Å². The number of benzene rings is 1. The Labute approximate surface area is 123 Å². The molecule has 3 rings (SSSR count). The van der Waals surface area contributed by atoms with Crippen LogP contribution in [0.1, 0.15) is 0 Å². The molecule has 7 heteroatoms. The van der Waals surface area contributed by atoms with E-state index in [-0.39, 0.29) is 5.82 Å². The molecule has 2 heterocycles. The van der Waals surface area contributed by atoms with Crippen LogP contribution in [0.3, 0.4) is 0 Å². The summed E-state index contributed by atoms with van der Waals surface area (Å²) < 4.78 is 19.8. The third-order valence-corrected chi connectivity index (χ3v) is 3.77. The summed E-state index contributed by atoms with van der Waals surface area (Å²) >= 11 is 6.66. The zero-order valence-corrected chi connectivity index (χ0v) is 11.9. The molecule has 0 amide bonds. The second-order valence-corrected chi connectivity index (χ2v) is 5.29. The number of hydrogen-bond acceptors (Lipinski definition) is 5. The maximum absolute atomic E-state index is 12.8. The lowest BCUT2D eigenvalue weighted by Crippen LogP contribution is -2.09. The first-order valence-electron chi connectivity index (χ1n) is 5.83. The van der Waals surface area contributed by atoms with Crippen molar-refractivity contribution in [1.82, 2.24) is 9.78 Å². The maximum Gasteiger partial charge on any atom is 0.289 e. The molecule has 0 radical (unpaired) electrons. The normalized spacial score (nSPS) is 10.7. The van der Waals surface area contributed by atoms with Gasteiger partial charge in [-0.25, -0.2) is 9.07 Å². The number of thiophene rings is 1. The van der Waals surface area contributed by atoms with Gasteiger partial charge in [0.25, 0.3) is 10.7 Å². The zero-order valence-electron chi connectivity index (χ0n) is 10.2. The van der Waals surface area contributed by atoms with Crippen LogP contribution in [0.5, 0.6) is 0 Å². The molecule has 0 aliphatic carbocycles. The molecular weight excluding hydrogens is 297 g/mol. The Hall–Kier alpha value is -1.99. The lowest BCUT2D eigenvalue weighted by atomic mass is 10.3. The third kappa shape index (κ3) is 2.78. The summed E-state index contributed by atoms with van der Waals surface area (Å²) in [7, 11) is 0. The Bertz CT molecular complexity index is 747. The van der Waals surface area contributed by atoms with Gasteiger partial charge >= 0.3 is 0 Å². The molecule has 1 aromatic carbocycles. The number of aromatic nitrogens is 2. The number of anilines is 1. The fraction of sp³-hybridized carbons (Fsp3) is 0.0769. The first kappa shape index (κ1) is 13.0. The highest BCUT2D eigenvalue weighted by Gasteiger charge is 2.08. The molecule has 4 nitrogen and oxygen atoms in total. The van der Waals surface area contributed by atoms with Gasteiger partial charge in [-0.05, 0) is 47.9 Å². The van der Waals surface area contributed by atoms with E-state index in [0.717, 1.165) is 10.6 Å². The van der Waals surface area contributed by atoms with Crippen LogP contribution in [-0.2, 0) is 6.67 Å². The third-order valence-electron chi connectivity index (χ3n) is 2.62. The van der Waals surface area contributed by atoms with Gasteiger partial charge in [0.05, 0.1) is 4.88 Å². The Kier molecular flexibility index (Phi) is 3.62. The smallest absolute Gasteiger partial charge is 0.289 e. The van der Waals surface area contributed by atoms with E-state index in [1.165, 1.54) is 23.5 Å². The average molecular weight is 307 g/mol. The van der Waals surface area contributed by atoms with Crippen LogP contribution in [-0.4, -0.2) is 9.78 Å². The lowest BCUT2D eigenvalue weighted by molar-refractivity contribution is 0.523. The Morgan fingerprint density at radius 3 is 2.80 bits per heavy atom. The van der Waals surface area contributed by atoms with Crippen molar-refractivity contribution < 1.29 is 8.81 Å². The first-order valence-corrected chi connectivity index (χ1v) is 7.12. The predicted octanol–water partition coefficient (Wildman–Crippen LogP) is 4.14. The van der Waals surface area contributed by atoms with Crippen molar-refractivity contribution in [2.75, 3.05) is 5.32 Å². The fourth-order valence-corrected chi connectivity index (χ4v) is 2.47. The molecule has 0 atom stereocenters. The fourth-order valence-electron chi connectivity index (χ4n) is 1.64. The van der Waals surface area contributed by atoms with Gasteiger partial charge in [-0.3, -0.25) is 0 Å². The van der Waals surface area contributed by atoms with Crippen LogP contribution in [0, 0.1) is 10.7 Å². The summed E-state index contributed by atoms with van der Waals surface area (Å²) in [6, 6.07) is 9.93. The van der Waals surface area contributed by atoms with Crippen LogP contribution in [0.15, 0.2) is 46.2 Å². The largest absolute Gasteiger partial charge is 0.408 e. The topological polar surface area (TPSA) is 43.0 Å². The first-order chi connectivity index (χ1) is 9.72. The highest BCUT2D eigenvalue weighted by Crippen LogP contribution is 2.23. The molecule has 0 saturated heterocycles. The van der Waals surface area contributed by atoms with Gasteiger partial charge in [-0.15, -0.1) is 16.4 Å². The van der Waals surface area contributed by atoms with Crippen molar-refractivity contribution in [3.8, 4) is 10.8 Å². The summed E-state index contributed by atoms with van der Waals surface area (Å²) in [6.07, 6.45) is 0. The molecule has 2 aromatic heterocycles. The van der Waals surface area contributed by atoms with Gasteiger partial charge < -0.3 is 9.73 Å². The van der Waals surface area contributed by atoms with Crippen molar-refractivity contribution in [2.24, 2.45) is 0 Å². The molecule has 102 valence electrons.